The Morgan fingerprint density at radius 2 is 2.12 bits per heavy atom. The first kappa shape index (κ1) is 7.50. The van der Waals surface area contributed by atoms with Gasteiger partial charge in [-0.15, -0.1) is 0 Å². The molecule has 3 N–H and O–H groups in total. The lowest BCUT2D eigenvalue weighted by Gasteiger charge is -2.14. The maximum atomic E-state index is 5.54. The van der Waals surface area contributed by atoms with E-state index in [1.54, 1.807) is 6.20 Å². The molecule has 0 aromatic rings. The third-order valence-electron chi connectivity index (χ3n) is 1.03. The fourth-order valence-corrected chi connectivity index (χ4v) is 0.329. The lowest BCUT2D eigenvalue weighted by atomic mass is 10.2. The molecule has 0 amide bonds. The van der Waals surface area contributed by atoms with Gasteiger partial charge in [-0.1, -0.05) is 20.4 Å². The van der Waals surface area contributed by atoms with Crippen LogP contribution in [0.3, 0.4) is 0 Å². The van der Waals surface area contributed by atoms with Gasteiger partial charge in [0.25, 0.3) is 0 Å². The Morgan fingerprint density at radius 3 is 2.25 bits per heavy atom. The zero-order valence-electron chi connectivity index (χ0n) is 5.52. The van der Waals surface area contributed by atoms with Crippen LogP contribution in [0.2, 0.25) is 0 Å². The molecule has 0 rings (SSSR count). The van der Waals surface area contributed by atoms with Crippen LogP contribution in [0, 0.1) is 5.92 Å². The molecule has 0 radical (unpaired) electrons. The third kappa shape index (κ3) is 2.64. The predicted octanol–water partition coefficient (Wildman–Crippen LogP) is 0.660. The van der Waals surface area contributed by atoms with E-state index >= 15 is 0 Å². The molecule has 8 heavy (non-hydrogen) atoms. The third-order valence-corrected chi connectivity index (χ3v) is 1.03. The second-order valence-corrected chi connectivity index (χ2v) is 2.14. The lowest BCUT2D eigenvalue weighted by molar-refractivity contribution is 0.455. The zero-order chi connectivity index (χ0) is 6.57. The molecule has 0 aliphatic heterocycles. The Kier molecular flexibility index (Phi) is 3.28. The Hall–Kier alpha value is -0.500. The van der Waals surface area contributed by atoms with Crippen LogP contribution in [0.1, 0.15) is 13.8 Å². The molecule has 0 spiro atoms. The van der Waals surface area contributed by atoms with Crippen LogP contribution in [0.15, 0.2) is 12.8 Å². The van der Waals surface area contributed by atoms with Gasteiger partial charge >= 0.3 is 0 Å². The van der Waals surface area contributed by atoms with Crippen molar-refractivity contribution in [1.29, 1.82) is 0 Å². The highest BCUT2D eigenvalue weighted by Gasteiger charge is 2.01. The standard InChI is InChI=1S/C6H14N2/c1-4-8-6(7)5(2)3/h4-6,8H,1,7H2,2-3H3/t6-/m0/s1. The van der Waals surface area contributed by atoms with Gasteiger partial charge < -0.3 is 11.1 Å². The van der Waals surface area contributed by atoms with Gasteiger partial charge in [-0.05, 0) is 12.1 Å². The normalized spacial score (nSPS) is 13.5. The summed E-state index contributed by atoms with van der Waals surface area (Å²) in [5.41, 5.74) is 5.54. The fourth-order valence-electron chi connectivity index (χ4n) is 0.329. The molecule has 0 aliphatic carbocycles. The first-order chi connectivity index (χ1) is 3.68. The second kappa shape index (κ2) is 3.50. The largest absolute Gasteiger partial charge is 0.376 e. The molecule has 0 bridgehead atoms. The molecule has 0 aromatic heterocycles. The molecular formula is C6H14N2. The molecule has 0 aliphatic rings. The first-order valence-electron chi connectivity index (χ1n) is 2.81. The van der Waals surface area contributed by atoms with Crippen molar-refractivity contribution in [2.45, 2.75) is 20.0 Å². The minimum absolute atomic E-state index is 0.0486. The topological polar surface area (TPSA) is 38.0 Å². The second-order valence-electron chi connectivity index (χ2n) is 2.14. The molecule has 0 fully saturated rings. The highest BCUT2D eigenvalue weighted by molar-refractivity contribution is 4.70. The summed E-state index contributed by atoms with van der Waals surface area (Å²) < 4.78 is 0. The van der Waals surface area contributed by atoms with Gasteiger partial charge in [0.1, 0.15) is 0 Å². The van der Waals surface area contributed by atoms with Crippen molar-refractivity contribution in [3.8, 4) is 0 Å². The summed E-state index contributed by atoms with van der Waals surface area (Å²) >= 11 is 0. The van der Waals surface area contributed by atoms with E-state index in [1.807, 2.05) is 0 Å². The molecule has 0 saturated carbocycles. The Labute approximate surface area is 50.8 Å². The summed E-state index contributed by atoms with van der Waals surface area (Å²) in [6.45, 7) is 7.61. The van der Waals surface area contributed by atoms with E-state index in [2.05, 4.69) is 25.7 Å². The van der Waals surface area contributed by atoms with Crippen LogP contribution in [-0.2, 0) is 0 Å². The van der Waals surface area contributed by atoms with Crippen LogP contribution in [-0.4, -0.2) is 6.17 Å². The van der Waals surface area contributed by atoms with Crippen LogP contribution < -0.4 is 11.1 Å². The van der Waals surface area contributed by atoms with Crippen molar-refractivity contribution in [3.63, 3.8) is 0 Å². The van der Waals surface area contributed by atoms with E-state index in [0.717, 1.165) is 0 Å². The smallest absolute Gasteiger partial charge is 0.0761 e. The summed E-state index contributed by atoms with van der Waals surface area (Å²) in [7, 11) is 0. The number of hydrogen-bond donors (Lipinski definition) is 2. The highest BCUT2D eigenvalue weighted by atomic mass is 15.0. The molecule has 1 atom stereocenters. The summed E-state index contributed by atoms with van der Waals surface area (Å²) in [4.78, 5) is 0. The van der Waals surface area contributed by atoms with Gasteiger partial charge in [0.15, 0.2) is 0 Å². The van der Waals surface area contributed by atoms with Crippen LogP contribution >= 0.6 is 0 Å². The van der Waals surface area contributed by atoms with E-state index in [9.17, 15) is 0 Å². The average molecular weight is 114 g/mol. The summed E-state index contributed by atoms with van der Waals surface area (Å²) in [6, 6.07) is 0. The number of rotatable bonds is 3. The van der Waals surface area contributed by atoms with E-state index in [-0.39, 0.29) is 6.17 Å². The minimum Gasteiger partial charge on any atom is -0.376 e. The zero-order valence-corrected chi connectivity index (χ0v) is 5.52. The molecule has 2 nitrogen and oxygen atoms in total. The van der Waals surface area contributed by atoms with Crippen molar-refractivity contribution in [2.75, 3.05) is 0 Å². The molecular weight excluding hydrogens is 100 g/mol. The van der Waals surface area contributed by atoms with E-state index < -0.39 is 0 Å². The number of nitrogens with one attached hydrogen (secondary N) is 1. The Morgan fingerprint density at radius 1 is 1.62 bits per heavy atom. The quantitative estimate of drug-likeness (QED) is 0.529. The number of hydrogen-bond acceptors (Lipinski definition) is 2. The predicted molar refractivity (Wildman–Crippen MR) is 36.1 cm³/mol. The summed E-state index contributed by atoms with van der Waals surface area (Å²) in [6.07, 6.45) is 1.66. The fraction of sp³-hybridized carbons (Fsp3) is 0.667. The minimum atomic E-state index is 0.0486. The van der Waals surface area contributed by atoms with Crippen molar-refractivity contribution < 1.29 is 0 Å². The first-order valence-corrected chi connectivity index (χ1v) is 2.81. The monoisotopic (exact) mass is 114 g/mol. The maximum absolute atomic E-state index is 5.54. The van der Waals surface area contributed by atoms with Crippen molar-refractivity contribution >= 4 is 0 Å². The molecule has 0 saturated heterocycles. The SMILES string of the molecule is C=CN[C@H](N)C(C)C. The van der Waals surface area contributed by atoms with Crippen LogP contribution in [0.4, 0.5) is 0 Å². The van der Waals surface area contributed by atoms with Gasteiger partial charge in [-0.25, -0.2) is 0 Å². The van der Waals surface area contributed by atoms with E-state index in [1.165, 1.54) is 0 Å². The lowest BCUT2D eigenvalue weighted by Crippen LogP contribution is -2.38. The average Bonchev–Trinajstić information content (AvgIpc) is 1.67. The summed E-state index contributed by atoms with van der Waals surface area (Å²) in [5, 5.41) is 2.89. The Balaban J connectivity index is 3.30. The van der Waals surface area contributed by atoms with E-state index in [0.29, 0.717) is 5.92 Å². The van der Waals surface area contributed by atoms with Gasteiger partial charge in [-0.2, -0.15) is 0 Å². The summed E-state index contributed by atoms with van der Waals surface area (Å²) in [5.74, 6) is 0.466. The van der Waals surface area contributed by atoms with Crippen molar-refractivity contribution in [2.24, 2.45) is 11.7 Å². The van der Waals surface area contributed by atoms with Gasteiger partial charge in [-0.3, -0.25) is 0 Å². The van der Waals surface area contributed by atoms with Gasteiger partial charge in [0.2, 0.25) is 0 Å². The van der Waals surface area contributed by atoms with Crippen LogP contribution in [0.25, 0.3) is 0 Å². The molecule has 0 heterocycles. The maximum Gasteiger partial charge on any atom is 0.0761 e. The Bertz CT molecular complexity index is 68.9. The molecule has 48 valence electrons. The molecule has 0 unspecified atom stereocenters. The van der Waals surface area contributed by atoms with Crippen LogP contribution in [0.5, 0.6) is 0 Å². The van der Waals surface area contributed by atoms with Gasteiger partial charge in [0.05, 0.1) is 6.17 Å². The van der Waals surface area contributed by atoms with Crippen molar-refractivity contribution in [3.05, 3.63) is 12.8 Å². The van der Waals surface area contributed by atoms with Crippen molar-refractivity contribution in [1.82, 2.24) is 5.32 Å². The highest BCUT2D eigenvalue weighted by Crippen LogP contribution is 1.92. The molecule has 0 aromatic carbocycles. The van der Waals surface area contributed by atoms with E-state index in [4.69, 9.17) is 5.73 Å². The number of nitrogens with two attached hydrogens (primary N) is 1. The van der Waals surface area contributed by atoms with Gasteiger partial charge in [0, 0.05) is 0 Å². The molecule has 2 heteroatoms.